The summed E-state index contributed by atoms with van der Waals surface area (Å²) in [4.78, 5) is 12.6. The first-order chi connectivity index (χ1) is 12.8. The van der Waals surface area contributed by atoms with E-state index < -0.39 is 21.5 Å². The van der Waals surface area contributed by atoms with Gasteiger partial charge in [0, 0.05) is 10.7 Å². The van der Waals surface area contributed by atoms with E-state index in [2.05, 4.69) is 5.32 Å². The molecule has 0 radical (unpaired) electrons. The fourth-order valence-electron chi connectivity index (χ4n) is 2.41. The number of nitrogens with one attached hydrogen (secondary N) is 1. The van der Waals surface area contributed by atoms with Crippen LogP contribution in [0.3, 0.4) is 0 Å². The van der Waals surface area contributed by atoms with E-state index in [0.717, 1.165) is 0 Å². The number of rotatable bonds is 4. The Hall–Kier alpha value is -2.54. The quantitative estimate of drug-likeness (QED) is 0.634. The van der Waals surface area contributed by atoms with E-state index >= 15 is 0 Å². The molecule has 0 spiro atoms. The second kappa shape index (κ2) is 7.60. The average Bonchev–Trinajstić information content (AvgIpc) is 2.65. The molecule has 0 saturated carbocycles. The van der Waals surface area contributed by atoms with Crippen molar-refractivity contribution in [3.8, 4) is 5.75 Å². The molecule has 0 atom stereocenters. The van der Waals surface area contributed by atoms with Gasteiger partial charge >= 0.3 is 0 Å². The van der Waals surface area contributed by atoms with Crippen LogP contribution in [0.15, 0.2) is 76.5 Å². The van der Waals surface area contributed by atoms with E-state index in [0.29, 0.717) is 0 Å². The second-order valence-corrected chi connectivity index (χ2v) is 8.38. The Labute approximate surface area is 166 Å². The van der Waals surface area contributed by atoms with Crippen LogP contribution in [0.1, 0.15) is 10.4 Å². The fourth-order valence-corrected chi connectivity index (χ4v) is 4.24. The highest BCUT2D eigenvalue weighted by Gasteiger charge is 2.19. The lowest BCUT2D eigenvalue weighted by Gasteiger charge is -2.10. The number of aromatic hydroxyl groups is 1. The number of hydrogen-bond acceptors (Lipinski definition) is 4. The number of benzene rings is 3. The molecule has 0 aliphatic carbocycles. The van der Waals surface area contributed by atoms with Crippen LogP contribution in [-0.4, -0.2) is 19.4 Å². The number of phenolic OH excluding ortho intramolecular Hbond substituents is 1. The van der Waals surface area contributed by atoms with Crippen molar-refractivity contribution in [3.63, 3.8) is 0 Å². The lowest BCUT2D eigenvalue weighted by molar-refractivity contribution is 0.102. The summed E-state index contributed by atoms with van der Waals surface area (Å²) in [5, 5.41) is 12.6. The molecule has 3 rings (SSSR count). The van der Waals surface area contributed by atoms with Crippen LogP contribution in [0.2, 0.25) is 10.0 Å². The Morgan fingerprint density at radius 2 is 1.56 bits per heavy atom. The van der Waals surface area contributed by atoms with Gasteiger partial charge in [-0.05, 0) is 42.5 Å². The highest BCUT2D eigenvalue weighted by molar-refractivity contribution is 7.91. The van der Waals surface area contributed by atoms with E-state index in [1.165, 1.54) is 48.5 Å². The molecular weight excluding hydrogens is 409 g/mol. The van der Waals surface area contributed by atoms with Gasteiger partial charge in [-0.15, -0.1) is 0 Å². The van der Waals surface area contributed by atoms with Crippen LogP contribution in [0.4, 0.5) is 5.69 Å². The molecule has 0 aliphatic rings. The molecular formula is C19H13Cl2NO4S. The van der Waals surface area contributed by atoms with Gasteiger partial charge in [0.05, 0.1) is 20.4 Å². The number of amides is 1. The topological polar surface area (TPSA) is 83.5 Å². The summed E-state index contributed by atoms with van der Waals surface area (Å²) in [6, 6.07) is 16.4. The maximum atomic E-state index is 12.7. The Balaban J connectivity index is 1.92. The standard InChI is InChI=1S/C19H13Cl2NO4S/c20-12-9-16(18(23)17(21)10-12)19(24)22-13-5-4-8-15(11-13)27(25,26)14-6-2-1-3-7-14/h1-11,23H,(H,22,24). The van der Waals surface area contributed by atoms with Gasteiger partial charge in [0.25, 0.3) is 5.91 Å². The van der Waals surface area contributed by atoms with Gasteiger partial charge in [0.15, 0.2) is 0 Å². The Bertz CT molecular complexity index is 1120. The number of carbonyl (C=O) groups is 1. The van der Waals surface area contributed by atoms with Crippen molar-refractivity contribution in [2.24, 2.45) is 0 Å². The van der Waals surface area contributed by atoms with Crippen LogP contribution in [-0.2, 0) is 9.84 Å². The van der Waals surface area contributed by atoms with Gasteiger partial charge in [0.1, 0.15) is 5.75 Å². The number of halogens is 2. The molecule has 1 amide bonds. The Morgan fingerprint density at radius 1 is 0.889 bits per heavy atom. The van der Waals surface area contributed by atoms with E-state index in [9.17, 15) is 18.3 Å². The van der Waals surface area contributed by atoms with Crippen LogP contribution in [0.5, 0.6) is 5.75 Å². The Morgan fingerprint density at radius 3 is 2.26 bits per heavy atom. The second-order valence-electron chi connectivity index (χ2n) is 5.58. The normalized spacial score (nSPS) is 11.2. The largest absolute Gasteiger partial charge is 0.506 e. The number of carbonyl (C=O) groups excluding carboxylic acids is 1. The minimum Gasteiger partial charge on any atom is -0.506 e. The van der Waals surface area contributed by atoms with E-state index in [1.54, 1.807) is 18.2 Å². The summed E-state index contributed by atoms with van der Waals surface area (Å²) in [6.07, 6.45) is 0. The van der Waals surface area contributed by atoms with Crippen LogP contribution >= 0.6 is 23.2 Å². The molecule has 0 aromatic heterocycles. The minimum atomic E-state index is -3.73. The van der Waals surface area contributed by atoms with Gasteiger partial charge in [-0.2, -0.15) is 0 Å². The van der Waals surface area contributed by atoms with Gasteiger partial charge < -0.3 is 10.4 Å². The molecule has 0 bridgehead atoms. The maximum absolute atomic E-state index is 12.7. The molecule has 27 heavy (non-hydrogen) atoms. The molecule has 138 valence electrons. The molecule has 5 nitrogen and oxygen atoms in total. The lowest BCUT2D eigenvalue weighted by Crippen LogP contribution is -2.13. The van der Waals surface area contributed by atoms with Crippen LogP contribution < -0.4 is 5.32 Å². The summed E-state index contributed by atoms with van der Waals surface area (Å²) < 4.78 is 25.4. The van der Waals surface area contributed by atoms with Crippen molar-refractivity contribution in [1.29, 1.82) is 0 Å². The summed E-state index contributed by atoms with van der Waals surface area (Å²) >= 11 is 11.7. The predicted octanol–water partition coefficient (Wildman–Crippen LogP) is 4.78. The highest BCUT2D eigenvalue weighted by atomic mass is 35.5. The predicted molar refractivity (Wildman–Crippen MR) is 104 cm³/mol. The first-order valence-electron chi connectivity index (χ1n) is 7.68. The molecule has 2 N–H and O–H groups in total. The van der Waals surface area contributed by atoms with Gasteiger partial charge in [-0.3, -0.25) is 4.79 Å². The van der Waals surface area contributed by atoms with Crippen molar-refractivity contribution in [3.05, 3.63) is 82.3 Å². The van der Waals surface area contributed by atoms with Crippen molar-refractivity contribution in [2.45, 2.75) is 9.79 Å². The van der Waals surface area contributed by atoms with E-state index in [4.69, 9.17) is 23.2 Å². The number of anilines is 1. The van der Waals surface area contributed by atoms with Gasteiger partial charge in [-0.1, -0.05) is 47.5 Å². The van der Waals surface area contributed by atoms with Gasteiger partial charge in [0.2, 0.25) is 9.84 Å². The first-order valence-corrected chi connectivity index (χ1v) is 9.92. The zero-order valence-corrected chi connectivity index (χ0v) is 16.0. The molecule has 3 aromatic rings. The average molecular weight is 422 g/mol. The monoisotopic (exact) mass is 421 g/mol. The van der Waals surface area contributed by atoms with Gasteiger partial charge in [-0.25, -0.2) is 8.42 Å². The molecule has 0 saturated heterocycles. The minimum absolute atomic E-state index is 0.0276. The molecule has 0 fully saturated rings. The van der Waals surface area contributed by atoms with Crippen LogP contribution in [0.25, 0.3) is 0 Å². The molecule has 0 unspecified atom stereocenters. The fraction of sp³-hybridized carbons (Fsp3) is 0. The first kappa shape index (κ1) is 19.2. The third kappa shape index (κ3) is 4.08. The van der Waals surface area contributed by atoms with Crippen molar-refractivity contribution >= 4 is 44.6 Å². The SMILES string of the molecule is O=C(Nc1cccc(S(=O)(=O)c2ccccc2)c1)c1cc(Cl)cc(Cl)c1O. The molecule has 0 heterocycles. The maximum Gasteiger partial charge on any atom is 0.259 e. The summed E-state index contributed by atoms with van der Waals surface area (Å²) in [6.45, 7) is 0. The number of phenols is 1. The van der Waals surface area contributed by atoms with E-state index in [1.807, 2.05) is 0 Å². The zero-order valence-electron chi connectivity index (χ0n) is 13.7. The van der Waals surface area contributed by atoms with Crippen molar-refractivity contribution in [2.75, 3.05) is 5.32 Å². The number of hydrogen-bond donors (Lipinski definition) is 2. The summed E-state index contributed by atoms with van der Waals surface area (Å²) in [5.41, 5.74) is 0.122. The molecule has 0 aliphatic heterocycles. The Kier molecular flexibility index (Phi) is 5.41. The highest BCUT2D eigenvalue weighted by Crippen LogP contribution is 2.32. The van der Waals surface area contributed by atoms with E-state index in [-0.39, 0.29) is 31.1 Å². The summed E-state index contributed by atoms with van der Waals surface area (Å²) in [7, 11) is -3.73. The number of sulfone groups is 1. The third-order valence-corrected chi connectivity index (χ3v) is 6.00. The zero-order chi connectivity index (χ0) is 19.6. The van der Waals surface area contributed by atoms with Crippen molar-refractivity contribution in [1.82, 2.24) is 0 Å². The molecule has 8 heteroatoms. The summed E-state index contributed by atoms with van der Waals surface area (Å²) in [5.74, 6) is -1.09. The van der Waals surface area contributed by atoms with Crippen molar-refractivity contribution < 1.29 is 18.3 Å². The third-order valence-electron chi connectivity index (χ3n) is 3.73. The lowest BCUT2D eigenvalue weighted by atomic mass is 10.2. The smallest absolute Gasteiger partial charge is 0.259 e. The molecule has 3 aromatic carbocycles. The van der Waals surface area contributed by atoms with Crippen LogP contribution in [0, 0.1) is 0 Å².